The van der Waals surface area contributed by atoms with Gasteiger partial charge in [0.25, 0.3) is 0 Å². The lowest BCUT2D eigenvalue weighted by Crippen LogP contribution is -2.46. The first-order chi connectivity index (χ1) is 14.0. The fourth-order valence-corrected chi connectivity index (χ4v) is 3.68. The standard InChI is InChI=1S/C24H27F3O3/c1-22(2,3)30-21(28)23(11-13-24(26,27)14-12-23)18-9-10-20(19(25)15-18)29-16-17-7-5-4-6-8-17/h4-10,15H,11-14,16H2,1-3H3. The Bertz CT molecular complexity index is 878. The molecule has 0 atom stereocenters. The van der Waals surface area contributed by atoms with Gasteiger partial charge in [-0.2, -0.15) is 0 Å². The Labute approximate surface area is 175 Å². The topological polar surface area (TPSA) is 35.5 Å². The molecular formula is C24H27F3O3. The number of benzene rings is 2. The van der Waals surface area contributed by atoms with Crippen molar-refractivity contribution in [1.29, 1.82) is 0 Å². The normalized spacial score (nSPS) is 17.9. The van der Waals surface area contributed by atoms with Crippen molar-refractivity contribution >= 4 is 5.97 Å². The summed E-state index contributed by atoms with van der Waals surface area (Å²) in [5.74, 6) is -4.02. The van der Waals surface area contributed by atoms with E-state index in [2.05, 4.69) is 0 Å². The number of hydrogen-bond donors (Lipinski definition) is 0. The molecule has 2 aromatic carbocycles. The highest BCUT2D eigenvalue weighted by Crippen LogP contribution is 2.47. The van der Waals surface area contributed by atoms with E-state index >= 15 is 0 Å². The van der Waals surface area contributed by atoms with Gasteiger partial charge in [-0.05, 0) is 56.9 Å². The summed E-state index contributed by atoms with van der Waals surface area (Å²) >= 11 is 0. The van der Waals surface area contributed by atoms with E-state index in [1.807, 2.05) is 30.3 Å². The van der Waals surface area contributed by atoms with E-state index in [4.69, 9.17) is 9.47 Å². The molecule has 1 fully saturated rings. The maximum atomic E-state index is 14.8. The summed E-state index contributed by atoms with van der Waals surface area (Å²) in [5.41, 5.74) is -0.840. The molecular weight excluding hydrogens is 393 g/mol. The first-order valence-corrected chi connectivity index (χ1v) is 10.1. The largest absolute Gasteiger partial charge is 0.486 e. The molecule has 0 spiro atoms. The summed E-state index contributed by atoms with van der Waals surface area (Å²) in [4.78, 5) is 13.0. The summed E-state index contributed by atoms with van der Waals surface area (Å²) in [7, 11) is 0. The van der Waals surface area contributed by atoms with E-state index in [0.717, 1.165) is 5.56 Å². The van der Waals surface area contributed by atoms with Gasteiger partial charge in [-0.3, -0.25) is 4.79 Å². The molecule has 3 rings (SSSR count). The first-order valence-electron chi connectivity index (χ1n) is 10.1. The average Bonchev–Trinajstić information content (AvgIpc) is 2.67. The summed E-state index contributed by atoms with van der Waals surface area (Å²) in [5, 5.41) is 0. The molecule has 2 aromatic rings. The zero-order valence-corrected chi connectivity index (χ0v) is 17.5. The van der Waals surface area contributed by atoms with Crippen LogP contribution in [0.1, 0.15) is 57.6 Å². The molecule has 1 saturated carbocycles. The Morgan fingerprint density at radius 2 is 1.63 bits per heavy atom. The third-order valence-corrected chi connectivity index (χ3v) is 5.35. The molecule has 30 heavy (non-hydrogen) atoms. The van der Waals surface area contributed by atoms with Gasteiger partial charge in [-0.25, -0.2) is 13.2 Å². The van der Waals surface area contributed by atoms with Gasteiger partial charge in [-0.15, -0.1) is 0 Å². The van der Waals surface area contributed by atoms with Gasteiger partial charge in [-0.1, -0.05) is 36.4 Å². The van der Waals surface area contributed by atoms with E-state index in [1.165, 1.54) is 12.1 Å². The third-order valence-electron chi connectivity index (χ3n) is 5.35. The number of alkyl halides is 2. The van der Waals surface area contributed by atoms with Crippen molar-refractivity contribution in [2.45, 2.75) is 70.0 Å². The van der Waals surface area contributed by atoms with Crippen molar-refractivity contribution in [2.75, 3.05) is 0 Å². The van der Waals surface area contributed by atoms with E-state index in [9.17, 15) is 18.0 Å². The number of hydrogen-bond acceptors (Lipinski definition) is 3. The molecule has 0 aromatic heterocycles. The average molecular weight is 420 g/mol. The molecule has 0 N–H and O–H groups in total. The van der Waals surface area contributed by atoms with Crippen molar-refractivity contribution in [3.05, 3.63) is 65.5 Å². The van der Waals surface area contributed by atoms with Crippen LogP contribution >= 0.6 is 0 Å². The van der Waals surface area contributed by atoms with Gasteiger partial charge in [0.1, 0.15) is 12.2 Å². The van der Waals surface area contributed by atoms with E-state index in [1.54, 1.807) is 26.8 Å². The summed E-state index contributed by atoms with van der Waals surface area (Å²) in [6, 6.07) is 13.6. The second-order valence-electron chi connectivity index (χ2n) is 8.86. The molecule has 1 aliphatic carbocycles. The van der Waals surface area contributed by atoms with Gasteiger partial charge >= 0.3 is 5.97 Å². The number of rotatable bonds is 5. The first kappa shape index (κ1) is 22.2. The second kappa shape index (κ2) is 8.32. The molecule has 0 saturated heterocycles. The van der Waals surface area contributed by atoms with Crippen LogP contribution in [0, 0.1) is 5.82 Å². The summed E-state index contributed by atoms with van der Waals surface area (Å²) < 4.78 is 53.6. The fraction of sp³-hybridized carbons (Fsp3) is 0.458. The predicted molar refractivity (Wildman–Crippen MR) is 108 cm³/mol. The SMILES string of the molecule is CC(C)(C)OC(=O)C1(c2ccc(OCc3ccccc3)c(F)c2)CCC(F)(F)CC1. The number of carbonyl (C=O) groups excluding carboxylic acids is 1. The highest BCUT2D eigenvalue weighted by atomic mass is 19.3. The zero-order chi connectivity index (χ0) is 22.0. The Morgan fingerprint density at radius 3 is 2.20 bits per heavy atom. The predicted octanol–water partition coefficient (Wildman–Crippen LogP) is 6.19. The van der Waals surface area contributed by atoms with E-state index in [0.29, 0.717) is 5.56 Å². The molecule has 1 aliphatic rings. The fourth-order valence-electron chi connectivity index (χ4n) is 3.68. The number of esters is 1. The van der Waals surface area contributed by atoms with Crippen LogP contribution in [0.3, 0.4) is 0 Å². The van der Waals surface area contributed by atoms with Crippen molar-refractivity contribution in [1.82, 2.24) is 0 Å². The molecule has 0 amide bonds. The minimum atomic E-state index is -2.83. The molecule has 0 heterocycles. The second-order valence-corrected chi connectivity index (χ2v) is 8.86. The monoisotopic (exact) mass is 420 g/mol. The number of ether oxygens (including phenoxy) is 2. The molecule has 0 aliphatic heterocycles. The van der Waals surface area contributed by atoms with Gasteiger partial charge in [0.05, 0.1) is 5.41 Å². The lowest BCUT2D eigenvalue weighted by Gasteiger charge is -2.40. The minimum Gasteiger partial charge on any atom is -0.486 e. The smallest absolute Gasteiger partial charge is 0.317 e. The zero-order valence-electron chi connectivity index (χ0n) is 17.5. The molecule has 0 bridgehead atoms. The van der Waals surface area contributed by atoms with Crippen LogP contribution in [0.25, 0.3) is 0 Å². The van der Waals surface area contributed by atoms with E-state index in [-0.39, 0.29) is 25.2 Å². The van der Waals surface area contributed by atoms with Crippen molar-refractivity contribution in [3.63, 3.8) is 0 Å². The van der Waals surface area contributed by atoms with Gasteiger partial charge in [0.2, 0.25) is 5.92 Å². The van der Waals surface area contributed by atoms with Crippen LogP contribution in [0.5, 0.6) is 5.75 Å². The van der Waals surface area contributed by atoms with Crippen LogP contribution in [-0.2, 0) is 21.6 Å². The van der Waals surface area contributed by atoms with Crippen molar-refractivity contribution in [2.24, 2.45) is 0 Å². The Hall–Kier alpha value is -2.50. The summed E-state index contributed by atoms with van der Waals surface area (Å²) in [6.07, 6.45) is -1.09. The van der Waals surface area contributed by atoms with Gasteiger partial charge in [0.15, 0.2) is 11.6 Å². The van der Waals surface area contributed by atoms with Crippen LogP contribution in [-0.4, -0.2) is 17.5 Å². The Kier molecular flexibility index (Phi) is 6.16. The minimum absolute atomic E-state index is 0.0445. The van der Waals surface area contributed by atoms with Crippen LogP contribution in [0.2, 0.25) is 0 Å². The Morgan fingerprint density at radius 1 is 1.00 bits per heavy atom. The molecule has 0 unspecified atom stereocenters. The van der Waals surface area contributed by atoms with Crippen LogP contribution in [0.4, 0.5) is 13.2 Å². The highest BCUT2D eigenvalue weighted by molar-refractivity contribution is 5.84. The van der Waals surface area contributed by atoms with Crippen LogP contribution < -0.4 is 4.74 Å². The molecule has 0 radical (unpaired) electrons. The lowest BCUT2D eigenvalue weighted by atomic mass is 9.68. The molecule has 162 valence electrons. The van der Waals surface area contributed by atoms with E-state index < -0.39 is 41.6 Å². The van der Waals surface area contributed by atoms with Crippen molar-refractivity contribution < 1.29 is 27.4 Å². The Balaban J connectivity index is 1.86. The van der Waals surface area contributed by atoms with Gasteiger partial charge in [0, 0.05) is 12.8 Å². The number of halogens is 3. The highest BCUT2D eigenvalue weighted by Gasteiger charge is 2.50. The third kappa shape index (κ3) is 5.15. The van der Waals surface area contributed by atoms with Crippen LogP contribution in [0.15, 0.2) is 48.5 Å². The molecule has 3 nitrogen and oxygen atoms in total. The number of carbonyl (C=O) groups is 1. The van der Waals surface area contributed by atoms with Gasteiger partial charge < -0.3 is 9.47 Å². The maximum absolute atomic E-state index is 14.8. The summed E-state index contributed by atoms with van der Waals surface area (Å²) in [6.45, 7) is 5.35. The van der Waals surface area contributed by atoms with Crippen molar-refractivity contribution in [3.8, 4) is 5.75 Å². The quantitative estimate of drug-likeness (QED) is 0.541. The molecule has 6 heteroatoms. The lowest BCUT2D eigenvalue weighted by molar-refractivity contribution is -0.167. The maximum Gasteiger partial charge on any atom is 0.317 e.